The van der Waals surface area contributed by atoms with E-state index in [0.717, 1.165) is 14.8 Å². The third-order valence-electron chi connectivity index (χ3n) is 2.85. The maximum atomic E-state index is 5.98. The minimum Gasteiger partial charge on any atom is -0.350 e. The SMILES string of the molecule is Cn1ccc2ccc(Nc3ncc(I)c(Cl)n3)cc21. The molecule has 0 amide bonds. The van der Waals surface area contributed by atoms with E-state index in [1.807, 2.05) is 19.3 Å². The third kappa shape index (κ3) is 2.52. The van der Waals surface area contributed by atoms with E-state index in [4.69, 9.17) is 11.6 Å². The molecule has 0 aliphatic heterocycles. The van der Waals surface area contributed by atoms with Crippen LogP contribution >= 0.6 is 34.2 Å². The van der Waals surface area contributed by atoms with Gasteiger partial charge in [-0.25, -0.2) is 4.98 Å². The lowest BCUT2D eigenvalue weighted by molar-refractivity contribution is 0.969. The summed E-state index contributed by atoms with van der Waals surface area (Å²) in [5, 5.41) is 4.82. The van der Waals surface area contributed by atoms with Gasteiger partial charge in [0.25, 0.3) is 0 Å². The molecule has 1 N–H and O–H groups in total. The fourth-order valence-electron chi connectivity index (χ4n) is 1.88. The van der Waals surface area contributed by atoms with Crippen molar-refractivity contribution in [3.63, 3.8) is 0 Å². The van der Waals surface area contributed by atoms with Crippen LogP contribution in [-0.4, -0.2) is 14.5 Å². The van der Waals surface area contributed by atoms with E-state index < -0.39 is 0 Å². The quantitative estimate of drug-likeness (QED) is 0.537. The standard InChI is InChI=1S/C13H10ClIN4/c1-19-5-4-8-2-3-9(6-11(8)19)17-13-16-7-10(15)12(14)18-13/h2-7H,1H3,(H,16,17,18). The van der Waals surface area contributed by atoms with Crippen LogP contribution in [0.4, 0.5) is 11.6 Å². The van der Waals surface area contributed by atoms with Crippen LogP contribution in [0.5, 0.6) is 0 Å². The number of aromatic nitrogens is 3. The number of nitrogens with one attached hydrogen (secondary N) is 1. The second-order valence-electron chi connectivity index (χ2n) is 4.16. The first-order valence-corrected chi connectivity index (χ1v) is 7.09. The predicted octanol–water partition coefficient (Wildman–Crippen LogP) is 3.97. The molecule has 1 aromatic carbocycles. The minimum atomic E-state index is 0.457. The Hall–Kier alpha value is -1.34. The van der Waals surface area contributed by atoms with Gasteiger partial charge in [-0.3, -0.25) is 0 Å². The van der Waals surface area contributed by atoms with Gasteiger partial charge in [0, 0.05) is 30.6 Å². The van der Waals surface area contributed by atoms with Gasteiger partial charge in [0.1, 0.15) is 5.15 Å². The normalized spacial score (nSPS) is 10.9. The van der Waals surface area contributed by atoms with Crippen LogP contribution in [0.2, 0.25) is 5.15 Å². The highest BCUT2D eigenvalue weighted by molar-refractivity contribution is 14.1. The minimum absolute atomic E-state index is 0.457. The Morgan fingerprint density at radius 1 is 1.32 bits per heavy atom. The lowest BCUT2D eigenvalue weighted by Gasteiger charge is -2.06. The smallest absolute Gasteiger partial charge is 0.228 e. The molecule has 0 spiro atoms. The summed E-state index contributed by atoms with van der Waals surface area (Å²) in [5.74, 6) is 0.499. The Morgan fingerprint density at radius 2 is 2.16 bits per heavy atom. The number of anilines is 2. The third-order valence-corrected chi connectivity index (χ3v) is 4.24. The molecule has 0 unspecified atom stereocenters. The Kier molecular flexibility index (Phi) is 3.32. The first kappa shape index (κ1) is 12.7. The Balaban J connectivity index is 1.95. The van der Waals surface area contributed by atoms with E-state index in [-0.39, 0.29) is 0 Å². The van der Waals surface area contributed by atoms with Crippen LogP contribution in [0.15, 0.2) is 36.7 Å². The Bertz CT molecular complexity index is 753. The van der Waals surface area contributed by atoms with Crippen molar-refractivity contribution in [1.29, 1.82) is 0 Å². The van der Waals surface area contributed by atoms with E-state index >= 15 is 0 Å². The molecule has 96 valence electrons. The summed E-state index contributed by atoms with van der Waals surface area (Å²) in [6, 6.07) is 8.20. The van der Waals surface area contributed by atoms with Crippen molar-refractivity contribution in [2.24, 2.45) is 7.05 Å². The van der Waals surface area contributed by atoms with Gasteiger partial charge in [-0.05, 0) is 46.2 Å². The molecule has 19 heavy (non-hydrogen) atoms. The summed E-state index contributed by atoms with van der Waals surface area (Å²) in [5.41, 5.74) is 2.09. The van der Waals surface area contributed by atoms with Crippen LogP contribution < -0.4 is 5.32 Å². The molecule has 4 nitrogen and oxygen atoms in total. The molecule has 0 aliphatic carbocycles. The summed E-state index contributed by atoms with van der Waals surface area (Å²) in [6.07, 6.45) is 3.73. The molecule has 3 aromatic rings. The van der Waals surface area contributed by atoms with Crippen LogP contribution in [0.1, 0.15) is 0 Å². The van der Waals surface area contributed by atoms with Crippen LogP contribution in [0, 0.1) is 3.57 Å². The highest BCUT2D eigenvalue weighted by Gasteiger charge is 2.04. The van der Waals surface area contributed by atoms with Crippen molar-refractivity contribution in [3.05, 3.63) is 45.4 Å². The number of benzene rings is 1. The van der Waals surface area contributed by atoms with E-state index in [1.54, 1.807) is 6.20 Å². The van der Waals surface area contributed by atoms with Crippen molar-refractivity contribution in [2.45, 2.75) is 0 Å². The number of aryl methyl sites for hydroxylation is 1. The number of nitrogens with zero attached hydrogens (tertiary/aromatic N) is 3. The van der Waals surface area contributed by atoms with Gasteiger partial charge in [-0.2, -0.15) is 4.98 Å². The molecule has 6 heteroatoms. The van der Waals surface area contributed by atoms with Gasteiger partial charge in [-0.1, -0.05) is 17.7 Å². The van der Waals surface area contributed by atoms with Crippen LogP contribution in [0.25, 0.3) is 10.9 Å². The zero-order valence-corrected chi connectivity index (χ0v) is 13.0. The highest BCUT2D eigenvalue weighted by atomic mass is 127. The van der Waals surface area contributed by atoms with E-state index in [9.17, 15) is 0 Å². The average molecular weight is 385 g/mol. The fraction of sp³-hybridized carbons (Fsp3) is 0.0769. The Morgan fingerprint density at radius 3 is 2.95 bits per heavy atom. The van der Waals surface area contributed by atoms with Gasteiger partial charge in [-0.15, -0.1) is 0 Å². The molecule has 0 saturated heterocycles. The summed E-state index contributed by atoms with van der Waals surface area (Å²) in [6.45, 7) is 0. The molecule has 0 aliphatic rings. The second-order valence-corrected chi connectivity index (χ2v) is 5.68. The van der Waals surface area contributed by atoms with Gasteiger partial charge in [0.2, 0.25) is 5.95 Å². The number of fused-ring (bicyclic) bond motifs is 1. The van der Waals surface area contributed by atoms with Crippen molar-refractivity contribution in [1.82, 2.24) is 14.5 Å². The zero-order valence-electron chi connectivity index (χ0n) is 10.1. The van der Waals surface area contributed by atoms with E-state index in [1.165, 1.54) is 5.39 Å². The molecule has 2 heterocycles. The lowest BCUT2D eigenvalue weighted by Crippen LogP contribution is -1.98. The molecule has 0 saturated carbocycles. The first-order chi connectivity index (χ1) is 9.13. The summed E-state index contributed by atoms with van der Waals surface area (Å²) in [4.78, 5) is 8.39. The summed E-state index contributed by atoms with van der Waals surface area (Å²) >= 11 is 8.08. The second kappa shape index (κ2) is 4.97. The van der Waals surface area contributed by atoms with Crippen LogP contribution in [-0.2, 0) is 7.05 Å². The molecule has 0 radical (unpaired) electrons. The average Bonchev–Trinajstić information content (AvgIpc) is 2.76. The van der Waals surface area contributed by atoms with Crippen molar-refractivity contribution in [2.75, 3.05) is 5.32 Å². The highest BCUT2D eigenvalue weighted by Crippen LogP contribution is 2.22. The number of halogens is 2. The number of hydrogen-bond donors (Lipinski definition) is 1. The van der Waals surface area contributed by atoms with E-state index in [0.29, 0.717) is 11.1 Å². The lowest BCUT2D eigenvalue weighted by atomic mass is 10.2. The first-order valence-electron chi connectivity index (χ1n) is 5.63. The molecule has 0 bridgehead atoms. The molecule has 0 atom stereocenters. The molecular weight excluding hydrogens is 375 g/mol. The summed E-state index contributed by atoms with van der Waals surface area (Å²) < 4.78 is 2.91. The Labute approximate surface area is 129 Å². The maximum absolute atomic E-state index is 5.98. The molecule has 0 fully saturated rings. The maximum Gasteiger partial charge on any atom is 0.228 e. The molecule has 2 aromatic heterocycles. The predicted molar refractivity (Wildman–Crippen MR) is 86.0 cm³/mol. The van der Waals surface area contributed by atoms with Crippen molar-refractivity contribution >= 4 is 56.7 Å². The number of hydrogen-bond acceptors (Lipinski definition) is 3. The molecular formula is C13H10ClIN4. The van der Waals surface area contributed by atoms with Crippen molar-refractivity contribution < 1.29 is 0 Å². The van der Waals surface area contributed by atoms with Crippen molar-refractivity contribution in [3.8, 4) is 0 Å². The topological polar surface area (TPSA) is 42.7 Å². The van der Waals surface area contributed by atoms with Gasteiger partial charge in [0.15, 0.2) is 0 Å². The van der Waals surface area contributed by atoms with Crippen LogP contribution in [0.3, 0.4) is 0 Å². The summed E-state index contributed by atoms with van der Waals surface area (Å²) in [7, 11) is 2.02. The molecule has 3 rings (SSSR count). The largest absolute Gasteiger partial charge is 0.350 e. The van der Waals surface area contributed by atoms with Gasteiger partial charge in [0.05, 0.1) is 3.57 Å². The zero-order chi connectivity index (χ0) is 13.4. The van der Waals surface area contributed by atoms with Gasteiger partial charge >= 0.3 is 0 Å². The van der Waals surface area contributed by atoms with Gasteiger partial charge < -0.3 is 9.88 Å². The fourth-order valence-corrected chi connectivity index (χ4v) is 2.26. The monoisotopic (exact) mass is 384 g/mol. The van der Waals surface area contributed by atoms with E-state index in [2.05, 4.69) is 60.6 Å². The number of rotatable bonds is 2.